The lowest BCUT2D eigenvalue weighted by Crippen LogP contribution is -2.44. The molecule has 0 bridgehead atoms. The van der Waals surface area contributed by atoms with Crippen molar-refractivity contribution in [1.29, 1.82) is 0 Å². The molecule has 3 heteroatoms. The molecule has 0 heterocycles. The molecule has 0 N–H and O–H groups in total. The van der Waals surface area contributed by atoms with Crippen molar-refractivity contribution in [2.75, 3.05) is 13.2 Å². The largest absolute Gasteiger partial charge is 0.465 e. The zero-order valence-corrected chi connectivity index (χ0v) is 11.0. The number of hydrogen-bond acceptors (Lipinski definition) is 3. The van der Waals surface area contributed by atoms with E-state index in [1.807, 2.05) is 6.92 Å². The average molecular weight is 239 g/mol. The highest BCUT2D eigenvalue weighted by Gasteiger charge is 2.31. The van der Waals surface area contributed by atoms with E-state index >= 15 is 0 Å². The Balaban J connectivity index is 1.93. The number of hydrogen-bond donors (Lipinski definition) is 0. The summed E-state index contributed by atoms with van der Waals surface area (Å²) in [6, 6.07) is 1.28. The van der Waals surface area contributed by atoms with E-state index in [2.05, 4.69) is 4.90 Å². The van der Waals surface area contributed by atoms with Crippen molar-refractivity contribution in [3.8, 4) is 0 Å². The van der Waals surface area contributed by atoms with Gasteiger partial charge in [-0.25, -0.2) is 0 Å². The van der Waals surface area contributed by atoms with Crippen LogP contribution in [0.5, 0.6) is 0 Å². The second-order valence-corrected chi connectivity index (χ2v) is 5.35. The zero-order chi connectivity index (χ0) is 12.1. The van der Waals surface area contributed by atoms with E-state index in [4.69, 9.17) is 4.74 Å². The van der Waals surface area contributed by atoms with Gasteiger partial charge in [-0.1, -0.05) is 25.7 Å². The Hall–Kier alpha value is -0.570. The number of carbonyl (C=O) groups excluding carboxylic acids is 1. The highest BCUT2D eigenvalue weighted by Crippen LogP contribution is 2.31. The van der Waals surface area contributed by atoms with Crippen LogP contribution in [0.1, 0.15) is 58.3 Å². The first-order valence-corrected chi connectivity index (χ1v) is 7.22. The summed E-state index contributed by atoms with van der Waals surface area (Å²) in [5.74, 6) is -0.0358. The van der Waals surface area contributed by atoms with Crippen molar-refractivity contribution in [2.24, 2.45) is 0 Å². The van der Waals surface area contributed by atoms with Crippen LogP contribution in [-0.2, 0) is 9.53 Å². The van der Waals surface area contributed by atoms with Gasteiger partial charge in [-0.3, -0.25) is 9.69 Å². The fraction of sp³-hybridized carbons (Fsp3) is 0.929. The Bertz CT molecular complexity index is 227. The number of ether oxygens (including phenoxy) is 1. The van der Waals surface area contributed by atoms with Crippen LogP contribution >= 0.6 is 0 Å². The van der Waals surface area contributed by atoms with Crippen LogP contribution in [0, 0.1) is 0 Å². The van der Waals surface area contributed by atoms with Gasteiger partial charge in [-0.05, 0) is 32.6 Å². The third-order valence-electron chi connectivity index (χ3n) is 4.20. The molecule has 3 nitrogen and oxygen atoms in total. The summed E-state index contributed by atoms with van der Waals surface area (Å²) >= 11 is 0. The predicted molar refractivity (Wildman–Crippen MR) is 67.9 cm³/mol. The van der Waals surface area contributed by atoms with Gasteiger partial charge in [0.2, 0.25) is 0 Å². The molecular formula is C14H25NO2. The second-order valence-electron chi connectivity index (χ2n) is 5.35. The predicted octanol–water partition coefficient (Wildman–Crippen LogP) is 2.74. The molecule has 0 aromatic rings. The maximum absolute atomic E-state index is 11.7. The number of rotatable bonds is 5. The number of nitrogens with zero attached hydrogens (tertiary/aromatic N) is 1. The molecule has 0 aromatic heterocycles. The van der Waals surface area contributed by atoms with Gasteiger partial charge in [-0.15, -0.1) is 0 Å². The summed E-state index contributed by atoms with van der Waals surface area (Å²) in [7, 11) is 0. The molecule has 0 aromatic carbocycles. The van der Waals surface area contributed by atoms with Crippen LogP contribution in [-0.4, -0.2) is 36.1 Å². The molecule has 2 fully saturated rings. The van der Waals surface area contributed by atoms with Crippen molar-refractivity contribution in [3.63, 3.8) is 0 Å². The van der Waals surface area contributed by atoms with E-state index in [0.717, 1.165) is 0 Å². The van der Waals surface area contributed by atoms with Gasteiger partial charge in [0.15, 0.2) is 0 Å². The van der Waals surface area contributed by atoms with Crippen LogP contribution in [0.25, 0.3) is 0 Å². The minimum Gasteiger partial charge on any atom is -0.465 e. The summed E-state index contributed by atoms with van der Waals surface area (Å²) < 4.78 is 5.11. The van der Waals surface area contributed by atoms with Gasteiger partial charge in [0, 0.05) is 12.1 Å². The molecule has 0 amide bonds. The van der Waals surface area contributed by atoms with Crippen LogP contribution in [0.3, 0.4) is 0 Å². The second kappa shape index (κ2) is 6.39. The van der Waals surface area contributed by atoms with Crippen molar-refractivity contribution in [2.45, 2.75) is 70.4 Å². The number of carbonyl (C=O) groups is 1. The lowest BCUT2D eigenvalue weighted by atomic mass is 10.1. The van der Waals surface area contributed by atoms with Crippen molar-refractivity contribution in [3.05, 3.63) is 0 Å². The molecule has 0 radical (unpaired) electrons. The molecule has 2 aliphatic rings. The first kappa shape index (κ1) is 12.9. The van der Waals surface area contributed by atoms with Crippen molar-refractivity contribution >= 4 is 5.97 Å². The minimum absolute atomic E-state index is 0.0358. The highest BCUT2D eigenvalue weighted by atomic mass is 16.5. The first-order chi connectivity index (χ1) is 8.31. The summed E-state index contributed by atoms with van der Waals surface area (Å²) in [4.78, 5) is 14.2. The van der Waals surface area contributed by atoms with Gasteiger partial charge in [0.1, 0.15) is 0 Å². The summed E-state index contributed by atoms with van der Waals surface area (Å²) in [5, 5.41) is 0. The maximum Gasteiger partial charge on any atom is 0.320 e. The van der Waals surface area contributed by atoms with E-state index in [1.54, 1.807) is 0 Å². The van der Waals surface area contributed by atoms with E-state index < -0.39 is 0 Å². The minimum atomic E-state index is -0.0358. The van der Waals surface area contributed by atoms with E-state index in [1.165, 1.54) is 51.4 Å². The Kier molecular flexibility index (Phi) is 4.84. The van der Waals surface area contributed by atoms with Crippen LogP contribution in [0.2, 0.25) is 0 Å². The fourth-order valence-corrected chi connectivity index (χ4v) is 3.38. The lowest BCUT2D eigenvalue weighted by molar-refractivity contribution is -0.145. The maximum atomic E-state index is 11.7. The monoisotopic (exact) mass is 239 g/mol. The third-order valence-corrected chi connectivity index (χ3v) is 4.20. The normalized spacial score (nSPS) is 22.5. The average Bonchev–Trinajstić information content (AvgIpc) is 3.00. The van der Waals surface area contributed by atoms with Crippen LogP contribution < -0.4 is 0 Å². The topological polar surface area (TPSA) is 29.5 Å². The molecule has 2 aliphatic carbocycles. The zero-order valence-electron chi connectivity index (χ0n) is 11.0. The SMILES string of the molecule is CCOC(=O)CN(C1CCCC1)C1CCCC1. The third kappa shape index (κ3) is 3.44. The van der Waals surface area contributed by atoms with E-state index in [0.29, 0.717) is 25.2 Å². The highest BCUT2D eigenvalue weighted by molar-refractivity contribution is 5.71. The Morgan fingerprint density at radius 3 is 1.94 bits per heavy atom. The van der Waals surface area contributed by atoms with Crippen LogP contribution in [0.15, 0.2) is 0 Å². The Labute approximate surface area is 105 Å². The number of esters is 1. The quantitative estimate of drug-likeness (QED) is 0.691. The van der Waals surface area contributed by atoms with Crippen LogP contribution in [0.4, 0.5) is 0 Å². The smallest absolute Gasteiger partial charge is 0.320 e. The van der Waals surface area contributed by atoms with Gasteiger partial charge in [0.25, 0.3) is 0 Å². The summed E-state index contributed by atoms with van der Waals surface area (Å²) in [6.45, 7) is 2.90. The molecule has 0 spiro atoms. The molecule has 0 unspecified atom stereocenters. The first-order valence-electron chi connectivity index (χ1n) is 7.22. The molecule has 2 saturated carbocycles. The summed E-state index contributed by atoms with van der Waals surface area (Å²) in [5.41, 5.74) is 0. The van der Waals surface area contributed by atoms with Crippen molar-refractivity contribution in [1.82, 2.24) is 4.90 Å². The summed E-state index contributed by atoms with van der Waals surface area (Å²) in [6.07, 6.45) is 10.4. The van der Waals surface area contributed by atoms with E-state index in [-0.39, 0.29) is 5.97 Å². The molecule has 98 valence electrons. The molecule has 2 rings (SSSR count). The van der Waals surface area contributed by atoms with Gasteiger partial charge >= 0.3 is 5.97 Å². The molecule has 17 heavy (non-hydrogen) atoms. The molecule has 0 atom stereocenters. The lowest BCUT2D eigenvalue weighted by Gasteiger charge is -2.33. The Morgan fingerprint density at radius 1 is 1.06 bits per heavy atom. The molecular weight excluding hydrogens is 214 g/mol. The standard InChI is InChI=1S/C14H25NO2/c1-2-17-14(16)11-15(12-7-3-4-8-12)13-9-5-6-10-13/h12-13H,2-11H2,1H3. The van der Waals surface area contributed by atoms with Gasteiger partial charge < -0.3 is 4.74 Å². The van der Waals surface area contributed by atoms with Gasteiger partial charge in [0.05, 0.1) is 13.2 Å². The Morgan fingerprint density at radius 2 is 1.53 bits per heavy atom. The van der Waals surface area contributed by atoms with Gasteiger partial charge in [-0.2, -0.15) is 0 Å². The van der Waals surface area contributed by atoms with Crippen molar-refractivity contribution < 1.29 is 9.53 Å². The molecule has 0 saturated heterocycles. The van der Waals surface area contributed by atoms with E-state index in [9.17, 15) is 4.79 Å². The molecule has 0 aliphatic heterocycles. The fourth-order valence-electron chi connectivity index (χ4n) is 3.38.